The second-order valence-corrected chi connectivity index (χ2v) is 7.03. The van der Waals surface area contributed by atoms with Gasteiger partial charge in [-0.05, 0) is 38.5 Å². The van der Waals surface area contributed by atoms with Gasteiger partial charge >= 0.3 is 0 Å². The van der Waals surface area contributed by atoms with Crippen LogP contribution in [0.5, 0.6) is 0 Å². The van der Waals surface area contributed by atoms with Gasteiger partial charge in [0.2, 0.25) is 0 Å². The number of rotatable bonds is 2. The summed E-state index contributed by atoms with van der Waals surface area (Å²) in [6, 6.07) is 1.79. The van der Waals surface area contributed by atoms with Crippen molar-refractivity contribution in [3.63, 3.8) is 0 Å². The second-order valence-electron chi connectivity index (χ2n) is 5.95. The highest BCUT2D eigenvalue weighted by molar-refractivity contribution is 7.99. The number of hydrogen-bond donors (Lipinski definition) is 0. The van der Waals surface area contributed by atoms with E-state index in [0.717, 1.165) is 17.3 Å². The van der Waals surface area contributed by atoms with E-state index in [1.165, 1.54) is 64.7 Å². The van der Waals surface area contributed by atoms with Crippen molar-refractivity contribution in [1.29, 1.82) is 0 Å². The molecular weight excluding hydrogens is 228 g/mol. The summed E-state index contributed by atoms with van der Waals surface area (Å²) in [4.78, 5) is 5.57. The van der Waals surface area contributed by atoms with Gasteiger partial charge in [-0.3, -0.25) is 9.80 Å². The Hall–Kier alpha value is 0.270. The lowest BCUT2D eigenvalue weighted by atomic mass is 9.92. The number of fused-ring (bicyclic) bond motifs is 1. The minimum atomic E-state index is 0.890. The van der Waals surface area contributed by atoms with Gasteiger partial charge in [0.25, 0.3) is 0 Å². The summed E-state index contributed by atoms with van der Waals surface area (Å²) in [6.07, 6.45) is 11.0. The first-order valence-corrected chi connectivity index (χ1v) is 8.68. The Kier molecular flexibility index (Phi) is 3.98. The third-order valence-corrected chi connectivity index (χ3v) is 6.21. The smallest absolute Gasteiger partial charge is 0.0224 e. The first-order valence-electron chi connectivity index (χ1n) is 7.39. The maximum atomic E-state index is 2.84. The topological polar surface area (TPSA) is 6.48 Å². The summed E-state index contributed by atoms with van der Waals surface area (Å²) in [5, 5.41) is 0.914. The van der Waals surface area contributed by atoms with Crippen molar-refractivity contribution in [2.24, 2.45) is 0 Å². The number of piperazine rings is 1. The summed E-state index contributed by atoms with van der Waals surface area (Å²) >= 11 is 2.12. The van der Waals surface area contributed by atoms with Crippen LogP contribution in [-0.2, 0) is 0 Å². The quantitative estimate of drug-likeness (QED) is 0.747. The molecule has 3 atom stereocenters. The van der Waals surface area contributed by atoms with Gasteiger partial charge in [-0.15, -0.1) is 0 Å². The third-order valence-electron chi connectivity index (χ3n) is 5.06. The Balaban J connectivity index is 1.63. The number of thioether (sulfide) groups is 1. The van der Waals surface area contributed by atoms with Crippen molar-refractivity contribution in [1.82, 2.24) is 9.80 Å². The number of nitrogens with zero attached hydrogens (tertiary/aromatic N) is 2. The molecule has 2 saturated heterocycles. The monoisotopic (exact) mass is 254 g/mol. The molecule has 0 aromatic carbocycles. The average Bonchev–Trinajstić information content (AvgIpc) is 2.85. The molecule has 3 rings (SSSR count). The average molecular weight is 254 g/mol. The van der Waals surface area contributed by atoms with E-state index in [1.54, 1.807) is 0 Å². The van der Waals surface area contributed by atoms with E-state index in [-0.39, 0.29) is 0 Å². The molecule has 0 amide bonds. The fraction of sp³-hybridized carbons (Fsp3) is 1.00. The largest absolute Gasteiger partial charge is 0.298 e. The molecule has 2 aliphatic heterocycles. The van der Waals surface area contributed by atoms with Crippen LogP contribution in [0.4, 0.5) is 0 Å². The predicted octanol–water partition coefficient (Wildman–Crippen LogP) is 2.44. The zero-order valence-electron chi connectivity index (χ0n) is 11.1. The third kappa shape index (κ3) is 2.52. The van der Waals surface area contributed by atoms with E-state index < -0.39 is 0 Å². The predicted molar refractivity (Wildman–Crippen MR) is 75.7 cm³/mol. The molecule has 0 bridgehead atoms. The molecule has 0 N–H and O–H groups in total. The molecule has 2 heterocycles. The molecule has 1 aliphatic carbocycles. The summed E-state index contributed by atoms with van der Waals surface area (Å²) < 4.78 is 0. The van der Waals surface area contributed by atoms with Gasteiger partial charge in [0, 0.05) is 37.0 Å². The number of hydrogen-bond acceptors (Lipinski definition) is 3. The van der Waals surface area contributed by atoms with E-state index in [1.807, 2.05) is 0 Å². The first kappa shape index (κ1) is 12.3. The molecule has 1 saturated carbocycles. The van der Waals surface area contributed by atoms with Crippen molar-refractivity contribution in [2.45, 2.75) is 55.9 Å². The Labute approximate surface area is 110 Å². The molecule has 0 aromatic rings. The van der Waals surface area contributed by atoms with Crippen LogP contribution in [0.3, 0.4) is 0 Å². The van der Waals surface area contributed by atoms with E-state index in [4.69, 9.17) is 0 Å². The molecule has 98 valence electrons. The van der Waals surface area contributed by atoms with Crippen LogP contribution in [0, 0.1) is 0 Å². The van der Waals surface area contributed by atoms with Crippen LogP contribution >= 0.6 is 11.8 Å². The highest BCUT2D eigenvalue weighted by Gasteiger charge is 2.36. The molecule has 2 nitrogen and oxygen atoms in total. The Morgan fingerprint density at radius 2 is 1.71 bits per heavy atom. The summed E-state index contributed by atoms with van der Waals surface area (Å²) in [7, 11) is 0. The molecule has 17 heavy (non-hydrogen) atoms. The highest BCUT2D eigenvalue weighted by atomic mass is 32.2. The molecule has 0 aromatic heterocycles. The van der Waals surface area contributed by atoms with Crippen LogP contribution in [0.15, 0.2) is 0 Å². The van der Waals surface area contributed by atoms with Gasteiger partial charge in [0.15, 0.2) is 0 Å². The van der Waals surface area contributed by atoms with Crippen LogP contribution in [0.25, 0.3) is 0 Å². The minimum absolute atomic E-state index is 0.890. The lowest BCUT2D eigenvalue weighted by Crippen LogP contribution is -2.56. The van der Waals surface area contributed by atoms with Gasteiger partial charge < -0.3 is 0 Å². The second kappa shape index (κ2) is 5.50. The standard InChI is InChI=1S/C14H26N2S/c1-17-14-7-3-2-6-13(14)16-10-9-15-8-4-5-12(15)11-16/h12-14H,2-11H2,1H3. The minimum Gasteiger partial charge on any atom is -0.298 e. The van der Waals surface area contributed by atoms with Crippen molar-refractivity contribution in [3.8, 4) is 0 Å². The summed E-state index contributed by atoms with van der Waals surface area (Å²) in [5.41, 5.74) is 0. The lowest BCUT2D eigenvalue weighted by Gasteiger charge is -2.45. The normalized spacial score (nSPS) is 40.4. The van der Waals surface area contributed by atoms with E-state index in [0.29, 0.717) is 0 Å². The van der Waals surface area contributed by atoms with Gasteiger partial charge in [0.05, 0.1) is 0 Å². The van der Waals surface area contributed by atoms with Crippen molar-refractivity contribution in [2.75, 3.05) is 32.4 Å². The van der Waals surface area contributed by atoms with Gasteiger partial charge in [-0.25, -0.2) is 0 Å². The van der Waals surface area contributed by atoms with Crippen molar-refractivity contribution < 1.29 is 0 Å². The van der Waals surface area contributed by atoms with Gasteiger partial charge in [-0.2, -0.15) is 11.8 Å². The lowest BCUT2D eigenvalue weighted by molar-refractivity contribution is 0.0600. The molecule has 3 aliphatic rings. The van der Waals surface area contributed by atoms with Crippen LogP contribution < -0.4 is 0 Å². The first-order chi connectivity index (χ1) is 8.38. The molecule has 3 unspecified atom stereocenters. The Morgan fingerprint density at radius 3 is 2.59 bits per heavy atom. The van der Waals surface area contributed by atoms with Crippen LogP contribution in [0.2, 0.25) is 0 Å². The SMILES string of the molecule is CSC1CCCCC1N1CCN2CCCC2C1. The molecule has 0 spiro atoms. The van der Waals surface area contributed by atoms with Crippen LogP contribution in [0.1, 0.15) is 38.5 Å². The Morgan fingerprint density at radius 1 is 0.882 bits per heavy atom. The zero-order valence-corrected chi connectivity index (χ0v) is 11.9. The Bertz CT molecular complexity index is 259. The highest BCUT2D eigenvalue weighted by Crippen LogP contribution is 2.33. The van der Waals surface area contributed by atoms with E-state index in [9.17, 15) is 0 Å². The molecule has 3 heteroatoms. The molecular formula is C14H26N2S. The van der Waals surface area contributed by atoms with Crippen LogP contribution in [-0.4, -0.2) is 59.6 Å². The molecule has 3 fully saturated rings. The summed E-state index contributed by atoms with van der Waals surface area (Å²) in [5.74, 6) is 0. The fourth-order valence-corrected chi connectivity index (χ4v) is 5.11. The fourth-order valence-electron chi connectivity index (χ4n) is 4.09. The maximum Gasteiger partial charge on any atom is 0.0224 e. The van der Waals surface area contributed by atoms with E-state index >= 15 is 0 Å². The zero-order chi connectivity index (χ0) is 11.7. The molecule has 0 radical (unpaired) electrons. The summed E-state index contributed by atoms with van der Waals surface area (Å²) in [6.45, 7) is 5.40. The van der Waals surface area contributed by atoms with Crippen molar-refractivity contribution >= 4 is 11.8 Å². The van der Waals surface area contributed by atoms with Crippen molar-refractivity contribution in [3.05, 3.63) is 0 Å². The van der Waals surface area contributed by atoms with Gasteiger partial charge in [0.1, 0.15) is 0 Å². The van der Waals surface area contributed by atoms with E-state index in [2.05, 4.69) is 27.8 Å². The maximum absolute atomic E-state index is 2.84. The van der Waals surface area contributed by atoms with Gasteiger partial charge in [-0.1, -0.05) is 12.8 Å².